The number of imidazole rings is 2. The van der Waals surface area contributed by atoms with Gasteiger partial charge in [-0.1, -0.05) is 48.5 Å². The van der Waals surface area contributed by atoms with E-state index in [9.17, 15) is 9.59 Å². The fraction of sp³-hybridized carbons (Fsp3) is 0.364. The molecule has 4 N–H and O–H groups in total. The summed E-state index contributed by atoms with van der Waals surface area (Å²) in [5, 5.41) is 5.90. The van der Waals surface area contributed by atoms with Gasteiger partial charge in [0, 0.05) is 24.8 Å². The van der Waals surface area contributed by atoms with Crippen LogP contribution in [-0.4, -0.2) is 86.7 Å². The first kappa shape index (κ1) is 36.2. The van der Waals surface area contributed by atoms with Crippen LogP contribution in [0.5, 0.6) is 0 Å². The Hall–Kier alpha value is -6.12. The number of anilines is 2. The highest BCUT2D eigenvalue weighted by atomic mass is 16.2. The molecule has 6 heterocycles. The first-order chi connectivity index (χ1) is 28.6. The number of nitrogens with zero attached hydrogens (tertiary/aromatic N) is 8. The summed E-state index contributed by atoms with van der Waals surface area (Å²) in [5.41, 5.74) is 6.27. The highest BCUT2D eigenvalue weighted by Gasteiger charge is 2.46. The summed E-state index contributed by atoms with van der Waals surface area (Å²) in [5.74, 6) is 3.07. The second-order valence-corrected chi connectivity index (χ2v) is 16.0. The van der Waals surface area contributed by atoms with Crippen LogP contribution in [0.15, 0.2) is 97.8 Å². The van der Waals surface area contributed by atoms with Gasteiger partial charge in [0.1, 0.15) is 11.6 Å². The average Bonchev–Trinajstić information content (AvgIpc) is 3.97. The van der Waals surface area contributed by atoms with Gasteiger partial charge in [-0.2, -0.15) is 0 Å². The minimum atomic E-state index is -0.232. The van der Waals surface area contributed by atoms with E-state index in [0.29, 0.717) is 23.7 Å². The Bertz CT molecular complexity index is 2190. The number of H-pyrrole nitrogens is 2. The number of aromatic amines is 2. The molecule has 294 valence electrons. The zero-order valence-corrected chi connectivity index (χ0v) is 32.2. The number of nitrogens with one attached hydrogen (secondary N) is 4. The molecule has 2 aromatic carbocycles. The van der Waals surface area contributed by atoms with E-state index >= 15 is 0 Å². The summed E-state index contributed by atoms with van der Waals surface area (Å²) >= 11 is 0. The first-order valence-corrected chi connectivity index (χ1v) is 20.5. The normalized spacial score (nSPS) is 20.8. The summed E-state index contributed by atoms with van der Waals surface area (Å²) < 4.78 is 0. The number of likely N-dealkylation sites (tertiary alicyclic amines) is 2. The minimum absolute atomic E-state index is 0.0403. The number of hydrogen-bond acceptors (Lipinski definition) is 10. The zero-order valence-electron chi connectivity index (χ0n) is 32.2. The van der Waals surface area contributed by atoms with Gasteiger partial charge in [-0.25, -0.2) is 29.9 Å². The molecule has 4 fully saturated rings. The molecule has 0 unspecified atom stereocenters. The van der Waals surface area contributed by atoms with Gasteiger partial charge < -0.3 is 9.97 Å². The molecule has 0 bridgehead atoms. The van der Waals surface area contributed by atoms with E-state index in [4.69, 9.17) is 9.97 Å². The Morgan fingerprint density at radius 2 is 0.914 bits per heavy atom. The maximum absolute atomic E-state index is 13.5. The van der Waals surface area contributed by atoms with Gasteiger partial charge >= 0.3 is 0 Å². The summed E-state index contributed by atoms with van der Waals surface area (Å²) in [6.45, 7) is 1.71. The lowest BCUT2D eigenvalue weighted by Gasteiger charge is -2.31. The maximum atomic E-state index is 13.5. The topological polar surface area (TPSA) is 174 Å². The van der Waals surface area contributed by atoms with E-state index in [0.717, 1.165) is 110 Å². The van der Waals surface area contributed by atoms with Crippen molar-refractivity contribution in [3.8, 4) is 33.6 Å². The molecular weight excluding hydrogens is 729 g/mol. The second-order valence-electron chi connectivity index (χ2n) is 16.0. The Morgan fingerprint density at radius 1 is 0.534 bits per heavy atom. The van der Waals surface area contributed by atoms with E-state index in [1.54, 1.807) is 36.9 Å². The quantitative estimate of drug-likeness (QED) is 0.0975. The summed E-state index contributed by atoms with van der Waals surface area (Å²) in [4.78, 5) is 65.3. The third-order valence-electron chi connectivity index (χ3n) is 12.1. The Kier molecular flexibility index (Phi) is 9.79. The van der Waals surface area contributed by atoms with Crippen molar-refractivity contribution in [2.75, 3.05) is 23.7 Å². The van der Waals surface area contributed by atoms with Gasteiger partial charge in [0.05, 0.1) is 47.9 Å². The standard InChI is InChI=1S/C44H46N12O2/c57-41(53-43-45-19-3-20-46-43)37(31-15-16-31)55-23-1-5-35(55)39-49-25-33(51-39)29-11-7-27(8-12-29)28-9-13-30(14-10-28)34-26-50-40(52-34)36-6-2-24-56(36)38(32-17-18-32)42(58)54-44-47-21-4-22-48-44/h3-4,7-14,19-22,25-26,31-32,35-38H,1-2,5-6,15-18,23-24H2,(H,49,51)(H,50,52)(H,45,46,53,57)(H,47,48,54,58)/t35-,36-,37-,38-/m0/s1. The molecule has 14 nitrogen and oxygen atoms in total. The van der Waals surface area contributed by atoms with Crippen molar-refractivity contribution < 1.29 is 9.59 Å². The van der Waals surface area contributed by atoms with Gasteiger partial charge in [-0.15, -0.1) is 0 Å². The monoisotopic (exact) mass is 774 g/mol. The lowest BCUT2D eigenvalue weighted by Crippen LogP contribution is -2.45. The van der Waals surface area contributed by atoms with Crippen LogP contribution < -0.4 is 10.6 Å². The molecular formula is C44H46N12O2. The molecule has 6 aromatic rings. The Labute approximate surface area is 336 Å². The third kappa shape index (κ3) is 7.52. The molecule has 2 saturated carbocycles. The lowest BCUT2D eigenvalue weighted by molar-refractivity contribution is -0.123. The SMILES string of the molecule is O=C(Nc1ncccn1)[C@H](C1CC1)N1CCC[C@H]1c1ncc(-c2ccc(-c3ccc(-c4cnc([C@@H]5CCCN5[C@H](C(=O)Nc5ncccn5)C5CC5)[nH]4)cc3)cc2)[nH]1. The molecule has 58 heavy (non-hydrogen) atoms. The van der Waals surface area contributed by atoms with E-state index in [2.05, 4.69) is 98.9 Å². The minimum Gasteiger partial charge on any atom is -0.341 e. The summed E-state index contributed by atoms with van der Waals surface area (Å²) in [6.07, 6.45) is 18.5. The number of aromatic nitrogens is 8. The molecule has 0 radical (unpaired) electrons. The highest BCUT2D eigenvalue weighted by molar-refractivity contribution is 5.94. The van der Waals surface area contributed by atoms with E-state index in [1.807, 2.05) is 12.4 Å². The van der Waals surface area contributed by atoms with Crippen molar-refractivity contribution in [1.82, 2.24) is 49.7 Å². The van der Waals surface area contributed by atoms with Crippen LogP contribution in [0, 0.1) is 11.8 Å². The van der Waals surface area contributed by atoms with Crippen molar-refractivity contribution in [1.29, 1.82) is 0 Å². The van der Waals surface area contributed by atoms with Crippen LogP contribution >= 0.6 is 0 Å². The van der Waals surface area contributed by atoms with E-state index in [-0.39, 0.29) is 36.0 Å². The molecule has 2 aliphatic heterocycles. The fourth-order valence-corrected chi connectivity index (χ4v) is 9.01. The number of benzene rings is 2. The first-order valence-electron chi connectivity index (χ1n) is 20.5. The molecule has 10 rings (SSSR count). The molecule has 2 amide bonds. The van der Waals surface area contributed by atoms with Crippen LogP contribution in [-0.2, 0) is 9.59 Å². The van der Waals surface area contributed by atoms with Crippen LogP contribution in [0.2, 0.25) is 0 Å². The van der Waals surface area contributed by atoms with E-state index < -0.39 is 0 Å². The maximum Gasteiger partial charge on any atom is 0.244 e. The summed E-state index contributed by atoms with van der Waals surface area (Å²) in [6, 6.07) is 20.2. The third-order valence-corrected chi connectivity index (χ3v) is 12.1. The lowest BCUT2D eigenvalue weighted by atomic mass is 10.0. The van der Waals surface area contributed by atoms with Crippen LogP contribution in [0.1, 0.15) is 75.1 Å². The van der Waals surface area contributed by atoms with Crippen molar-refractivity contribution in [3.63, 3.8) is 0 Å². The van der Waals surface area contributed by atoms with Crippen LogP contribution in [0.4, 0.5) is 11.9 Å². The number of rotatable bonds is 13. The summed E-state index contributed by atoms with van der Waals surface area (Å²) in [7, 11) is 0. The molecule has 2 aliphatic carbocycles. The van der Waals surface area contributed by atoms with Gasteiger partial charge in [0.25, 0.3) is 0 Å². The fourth-order valence-electron chi connectivity index (χ4n) is 9.01. The van der Waals surface area contributed by atoms with Crippen molar-refractivity contribution in [2.45, 2.75) is 75.5 Å². The van der Waals surface area contributed by atoms with Crippen molar-refractivity contribution in [3.05, 3.63) is 109 Å². The van der Waals surface area contributed by atoms with Gasteiger partial charge in [-0.05, 0) is 111 Å². The number of amides is 2. The number of carbonyl (C=O) groups is 2. The van der Waals surface area contributed by atoms with Crippen molar-refractivity contribution >= 4 is 23.7 Å². The Morgan fingerprint density at radius 3 is 1.29 bits per heavy atom. The predicted molar refractivity (Wildman–Crippen MR) is 219 cm³/mol. The number of carbonyl (C=O) groups excluding carboxylic acids is 2. The smallest absolute Gasteiger partial charge is 0.244 e. The van der Waals surface area contributed by atoms with Crippen molar-refractivity contribution in [2.24, 2.45) is 11.8 Å². The molecule has 2 saturated heterocycles. The van der Waals surface area contributed by atoms with Gasteiger partial charge in [0.15, 0.2) is 0 Å². The largest absolute Gasteiger partial charge is 0.341 e. The molecule has 4 aliphatic rings. The average molecular weight is 775 g/mol. The predicted octanol–water partition coefficient (Wildman–Crippen LogP) is 6.82. The van der Waals surface area contributed by atoms with Crippen LogP contribution in [0.25, 0.3) is 33.6 Å². The number of hydrogen-bond donors (Lipinski definition) is 4. The second kappa shape index (κ2) is 15.7. The molecule has 14 heteroatoms. The van der Waals surface area contributed by atoms with Crippen LogP contribution in [0.3, 0.4) is 0 Å². The van der Waals surface area contributed by atoms with E-state index in [1.165, 1.54) is 0 Å². The zero-order chi connectivity index (χ0) is 39.0. The highest BCUT2D eigenvalue weighted by Crippen LogP contribution is 2.44. The molecule has 0 spiro atoms. The van der Waals surface area contributed by atoms with Gasteiger partial charge in [-0.3, -0.25) is 30.0 Å². The molecule has 4 atom stereocenters. The Balaban J connectivity index is 0.795. The molecule has 4 aromatic heterocycles. The van der Waals surface area contributed by atoms with Gasteiger partial charge in [0.2, 0.25) is 23.7 Å².